The molecule has 0 radical (unpaired) electrons. The van der Waals surface area contributed by atoms with Crippen LogP contribution >= 0.6 is 0 Å². The van der Waals surface area contributed by atoms with Gasteiger partial charge in [0.05, 0.1) is 6.61 Å². The molecule has 0 atom stereocenters. The fourth-order valence-corrected chi connectivity index (χ4v) is 1.72. The molecule has 2 rings (SSSR count). The number of benzene rings is 1. The van der Waals surface area contributed by atoms with E-state index in [1.807, 2.05) is 0 Å². The Balaban J connectivity index is 2.10. The summed E-state index contributed by atoms with van der Waals surface area (Å²) in [6, 6.07) is 5.22. The molecule has 1 aromatic heterocycles. The third-order valence-corrected chi connectivity index (χ3v) is 2.72. The number of aliphatic hydroxyl groups excluding tert-OH is 1. The van der Waals surface area contributed by atoms with E-state index in [0.29, 0.717) is 25.1 Å². The molecule has 21 heavy (non-hydrogen) atoms. The quantitative estimate of drug-likeness (QED) is 0.761. The summed E-state index contributed by atoms with van der Waals surface area (Å²) in [4.78, 5) is 0. The highest BCUT2D eigenvalue weighted by Gasteiger charge is 2.12. The first-order chi connectivity index (χ1) is 10.2. The minimum Gasteiger partial charge on any atom is -0.434 e. The van der Waals surface area contributed by atoms with Crippen LogP contribution in [0.3, 0.4) is 0 Å². The van der Waals surface area contributed by atoms with E-state index in [4.69, 9.17) is 9.84 Å². The summed E-state index contributed by atoms with van der Waals surface area (Å²) in [7, 11) is 0. The Bertz CT molecular complexity index is 582. The van der Waals surface area contributed by atoms with Gasteiger partial charge in [0, 0.05) is 24.9 Å². The number of hydrogen-bond acceptors (Lipinski definition) is 5. The van der Waals surface area contributed by atoms with Gasteiger partial charge in [-0.1, -0.05) is 0 Å². The van der Waals surface area contributed by atoms with Gasteiger partial charge in [-0.3, -0.25) is 0 Å². The van der Waals surface area contributed by atoms with Crippen molar-refractivity contribution in [2.24, 2.45) is 0 Å². The Labute approximate surface area is 120 Å². The Morgan fingerprint density at radius 3 is 2.76 bits per heavy atom. The Kier molecular flexibility index (Phi) is 5.53. The molecule has 0 amide bonds. The molecule has 0 bridgehead atoms. The van der Waals surface area contributed by atoms with Gasteiger partial charge >= 0.3 is 0 Å². The molecule has 2 N–H and O–H groups in total. The molecule has 5 nitrogen and oxygen atoms in total. The van der Waals surface area contributed by atoms with Crippen molar-refractivity contribution in [1.82, 2.24) is 15.5 Å². The maximum Gasteiger partial charge on any atom is 0.238 e. The molecule has 0 saturated heterocycles. The lowest BCUT2D eigenvalue weighted by atomic mass is 10.1. The van der Waals surface area contributed by atoms with E-state index in [-0.39, 0.29) is 18.2 Å². The fourth-order valence-electron chi connectivity index (χ4n) is 1.72. The fraction of sp³-hybridized carbons (Fsp3) is 0.286. The minimum absolute atomic E-state index is 0.00688. The number of hydrogen-bond donors (Lipinski definition) is 2. The first-order valence-corrected chi connectivity index (χ1v) is 6.45. The SMILES string of the molecule is OCCNCCc1cc(Oc2cccnn2)c(F)cc1F. The predicted molar refractivity (Wildman–Crippen MR) is 72.1 cm³/mol. The summed E-state index contributed by atoms with van der Waals surface area (Å²) in [5.41, 5.74) is 0.320. The van der Waals surface area contributed by atoms with Crippen LogP contribution in [0.4, 0.5) is 8.78 Å². The molecule has 7 heteroatoms. The second-order valence-corrected chi connectivity index (χ2v) is 4.26. The maximum atomic E-state index is 13.7. The third-order valence-electron chi connectivity index (χ3n) is 2.72. The van der Waals surface area contributed by atoms with Gasteiger partial charge in [-0.15, -0.1) is 5.10 Å². The molecule has 112 valence electrons. The molecule has 0 aliphatic carbocycles. The Hall–Kier alpha value is -2.12. The van der Waals surface area contributed by atoms with Crippen LogP contribution in [0.25, 0.3) is 0 Å². The van der Waals surface area contributed by atoms with Crippen molar-refractivity contribution < 1.29 is 18.6 Å². The largest absolute Gasteiger partial charge is 0.434 e. The smallest absolute Gasteiger partial charge is 0.238 e. The molecular weight excluding hydrogens is 280 g/mol. The summed E-state index contributed by atoms with van der Waals surface area (Å²) in [6.45, 7) is 0.895. The molecule has 0 spiro atoms. The van der Waals surface area contributed by atoms with E-state index >= 15 is 0 Å². The zero-order chi connectivity index (χ0) is 15.1. The normalized spacial score (nSPS) is 10.6. The topological polar surface area (TPSA) is 67.3 Å². The number of rotatable bonds is 7. The van der Waals surface area contributed by atoms with Crippen molar-refractivity contribution in [2.45, 2.75) is 6.42 Å². The minimum atomic E-state index is -0.801. The Morgan fingerprint density at radius 1 is 1.19 bits per heavy atom. The van der Waals surface area contributed by atoms with Crippen molar-refractivity contribution in [2.75, 3.05) is 19.7 Å². The van der Waals surface area contributed by atoms with Gasteiger partial charge in [-0.25, -0.2) is 8.78 Å². The zero-order valence-electron chi connectivity index (χ0n) is 11.2. The molecule has 0 aliphatic heterocycles. The van der Waals surface area contributed by atoms with E-state index in [9.17, 15) is 8.78 Å². The first kappa shape index (κ1) is 15.3. The van der Waals surface area contributed by atoms with Crippen molar-refractivity contribution in [3.05, 3.63) is 47.7 Å². The average molecular weight is 295 g/mol. The Morgan fingerprint density at radius 2 is 2.05 bits per heavy atom. The summed E-state index contributed by atoms with van der Waals surface area (Å²) >= 11 is 0. The lowest BCUT2D eigenvalue weighted by Gasteiger charge is -2.09. The molecule has 2 aromatic rings. The van der Waals surface area contributed by atoms with Crippen LogP contribution < -0.4 is 10.1 Å². The molecule has 0 aliphatic rings. The van der Waals surface area contributed by atoms with Crippen LogP contribution in [-0.2, 0) is 6.42 Å². The van der Waals surface area contributed by atoms with Crippen molar-refractivity contribution >= 4 is 0 Å². The van der Waals surface area contributed by atoms with Crippen molar-refractivity contribution in [3.63, 3.8) is 0 Å². The van der Waals surface area contributed by atoms with Gasteiger partial charge in [0.2, 0.25) is 5.88 Å². The molecular formula is C14H15F2N3O2. The number of nitrogens with one attached hydrogen (secondary N) is 1. The van der Waals surface area contributed by atoms with Crippen molar-refractivity contribution in [1.29, 1.82) is 0 Å². The van der Waals surface area contributed by atoms with Crippen LogP contribution in [0.1, 0.15) is 5.56 Å². The van der Waals surface area contributed by atoms with E-state index in [2.05, 4.69) is 15.5 Å². The number of nitrogens with zero attached hydrogens (tertiary/aromatic N) is 2. The van der Waals surface area contributed by atoms with E-state index in [1.54, 1.807) is 6.07 Å². The second kappa shape index (κ2) is 7.61. The maximum absolute atomic E-state index is 13.7. The standard InChI is InChI=1S/C14H15F2N3O2/c15-11-9-12(16)13(21-14-2-1-4-18-19-14)8-10(11)3-5-17-6-7-20/h1-2,4,8-9,17,20H,3,5-7H2. The average Bonchev–Trinajstić information content (AvgIpc) is 2.49. The zero-order valence-corrected chi connectivity index (χ0v) is 11.2. The van der Waals surface area contributed by atoms with Gasteiger partial charge in [-0.05, 0) is 30.7 Å². The predicted octanol–water partition coefficient (Wildman–Crippen LogP) is 1.67. The van der Waals surface area contributed by atoms with Gasteiger partial charge in [-0.2, -0.15) is 5.10 Å². The highest BCUT2D eigenvalue weighted by molar-refractivity contribution is 5.34. The van der Waals surface area contributed by atoms with Gasteiger partial charge in [0.15, 0.2) is 11.6 Å². The first-order valence-electron chi connectivity index (χ1n) is 6.45. The van der Waals surface area contributed by atoms with E-state index in [0.717, 1.165) is 6.07 Å². The van der Waals surface area contributed by atoms with Gasteiger partial charge in [0.1, 0.15) is 5.82 Å². The number of aromatic nitrogens is 2. The number of ether oxygens (including phenoxy) is 1. The summed E-state index contributed by atoms with van der Waals surface area (Å²) < 4.78 is 32.6. The highest BCUT2D eigenvalue weighted by atomic mass is 19.1. The van der Waals surface area contributed by atoms with Crippen LogP contribution in [0, 0.1) is 11.6 Å². The molecule has 0 fully saturated rings. The van der Waals surface area contributed by atoms with Crippen LogP contribution in [0.15, 0.2) is 30.5 Å². The molecule has 1 heterocycles. The third kappa shape index (κ3) is 4.44. The molecule has 0 unspecified atom stereocenters. The van der Waals surface area contributed by atoms with Crippen molar-refractivity contribution in [3.8, 4) is 11.6 Å². The lowest BCUT2D eigenvalue weighted by Crippen LogP contribution is -2.21. The number of halogens is 2. The van der Waals surface area contributed by atoms with Gasteiger partial charge < -0.3 is 15.2 Å². The van der Waals surface area contributed by atoms with Crippen LogP contribution in [-0.4, -0.2) is 35.0 Å². The highest BCUT2D eigenvalue weighted by Crippen LogP contribution is 2.25. The van der Waals surface area contributed by atoms with Gasteiger partial charge in [0.25, 0.3) is 0 Å². The lowest BCUT2D eigenvalue weighted by molar-refractivity contribution is 0.292. The monoisotopic (exact) mass is 295 g/mol. The second-order valence-electron chi connectivity index (χ2n) is 4.26. The van der Waals surface area contributed by atoms with Crippen LogP contribution in [0.2, 0.25) is 0 Å². The summed E-state index contributed by atoms with van der Waals surface area (Å²) in [5, 5.41) is 18.9. The number of aliphatic hydroxyl groups is 1. The molecule has 0 saturated carbocycles. The summed E-state index contributed by atoms with van der Waals surface area (Å²) in [5.74, 6) is -1.41. The molecule has 1 aromatic carbocycles. The van der Waals surface area contributed by atoms with Crippen LogP contribution in [0.5, 0.6) is 11.6 Å². The summed E-state index contributed by atoms with van der Waals surface area (Å²) in [6.07, 6.45) is 1.81. The van der Waals surface area contributed by atoms with E-state index in [1.165, 1.54) is 18.3 Å². The van der Waals surface area contributed by atoms with E-state index < -0.39 is 11.6 Å².